The van der Waals surface area contributed by atoms with Gasteiger partial charge in [0.05, 0.1) is 17.8 Å². The highest BCUT2D eigenvalue weighted by atomic mass is 16.5. The summed E-state index contributed by atoms with van der Waals surface area (Å²) >= 11 is 0. The van der Waals surface area contributed by atoms with Gasteiger partial charge in [0.25, 0.3) is 0 Å². The minimum Gasteiger partial charge on any atom is -0.390 e. The summed E-state index contributed by atoms with van der Waals surface area (Å²) in [5, 5.41) is 10.4. The van der Waals surface area contributed by atoms with Crippen LogP contribution in [0, 0.1) is 11.8 Å². The number of ether oxygens (including phenoxy) is 1. The van der Waals surface area contributed by atoms with Crippen LogP contribution in [0.5, 0.6) is 0 Å². The summed E-state index contributed by atoms with van der Waals surface area (Å²) in [7, 11) is 0. The Bertz CT molecular complexity index is 258. The molecule has 0 spiro atoms. The zero-order chi connectivity index (χ0) is 12.5. The van der Waals surface area contributed by atoms with Crippen molar-refractivity contribution in [2.75, 3.05) is 0 Å². The van der Waals surface area contributed by atoms with E-state index in [0.29, 0.717) is 18.8 Å². The third-order valence-electron chi connectivity index (χ3n) is 3.62. The molecule has 1 aliphatic rings. The number of Topliss-reactive ketones (excluding diaryl/α,β-unsaturated/α-hetero) is 1. The van der Waals surface area contributed by atoms with E-state index in [1.807, 2.05) is 13.8 Å². The Hall–Kier alpha value is -0.410. The summed E-state index contributed by atoms with van der Waals surface area (Å²) in [5.41, 5.74) is -0.793. The number of ketones is 1. The molecule has 3 heteroatoms. The molecule has 4 unspecified atom stereocenters. The number of hydrogen-bond donors (Lipinski definition) is 1. The summed E-state index contributed by atoms with van der Waals surface area (Å²) in [4.78, 5) is 11.2. The first-order valence-corrected chi connectivity index (χ1v) is 6.11. The summed E-state index contributed by atoms with van der Waals surface area (Å²) in [6, 6.07) is 0. The third kappa shape index (κ3) is 3.05. The van der Waals surface area contributed by atoms with Crippen molar-refractivity contribution in [3.63, 3.8) is 0 Å². The fraction of sp³-hybridized carbons (Fsp3) is 0.923. The summed E-state index contributed by atoms with van der Waals surface area (Å²) in [6.07, 6.45) is 1.06. The fourth-order valence-electron chi connectivity index (χ4n) is 2.57. The van der Waals surface area contributed by atoms with E-state index in [9.17, 15) is 9.90 Å². The molecule has 3 nitrogen and oxygen atoms in total. The van der Waals surface area contributed by atoms with Crippen molar-refractivity contribution in [1.82, 2.24) is 0 Å². The molecular formula is C13H24O3. The van der Waals surface area contributed by atoms with Gasteiger partial charge in [-0.25, -0.2) is 0 Å². The van der Waals surface area contributed by atoms with Crippen molar-refractivity contribution in [2.45, 2.75) is 65.3 Å². The zero-order valence-electron chi connectivity index (χ0n) is 11.0. The molecule has 1 N–H and O–H groups in total. The van der Waals surface area contributed by atoms with Crippen molar-refractivity contribution in [1.29, 1.82) is 0 Å². The molecule has 0 aromatic carbocycles. The van der Waals surface area contributed by atoms with Crippen molar-refractivity contribution in [3.05, 3.63) is 0 Å². The average molecular weight is 228 g/mol. The lowest BCUT2D eigenvalue weighted by Gasteiger charge is -2.46. The number of carbonyl (C=O) groups excluding carboxylic acids is 1. The molecule has 4 atom stereocenters. The topological polar surface area (TPSA) is 46.5 Å². The monoisotopic (exact) mass is 228 g/mol. The number of hydrogen-bond acceptors (Lipinski definition) is 3. The van der Waals surface area contributed by atoms with Gasteiger partial charge in [0, 0.05) is 18.8 Å². The normalized spacial score (nSPS) is 40.1. The Kier molecular flexibility index (Phi) is 4.13. The van der Waals surface area contributed by atoms with Gasteiger partial charge in [-0.2, -0.15) is 0 Å². The van der Waals surface area contributed by atoms with Crippen molar-refractivity contribution in [2.24, 2.45) is 11.8 Å². The summed E-state index contributed by atoms with van der Waals surface area (Å²) in [5.74, 6) is 0.427. The highest BCUT2D eigenvalue weighted by Gasteiger charge is 2.44. The Balaban J connectivity index is 2.78. The molecule has 94 valence electrons. The fourth-order valence-corrected chi connectivity index (χ4v) is 2.57. The van der Waals surface area contributed by atoms with Gasteiger partial charge in [0.2, 0.25) is 0 Å². The minimum atomic E-state index is -0.793. The van der Waals surface area contributed by atoms with Gasteiger partial charge in [0.15, 0.2) is 0 Å². The van der Waals surface area contributed by atoms with Crippen molar-refractivity contribution >= 4 is 5.78 Å². The molecular weight excluding hydrogens is 204 g/mol. The third-order valence-corrected chi connectivity index (χ3v) is 3.62. The lowest BCUT2D eigenvalue weighted by molar-refractivity contribution is -0.186. The van der Waals surface area contributed by atoms with Crippen LogP contribution in [-0.4, -0.2) is 28.7 Å². The lowest BCUT2D eigenvalue weighted by atomic mass is 9.74. The maximum absolute atomic E-state index is 11.2. The quantitative estimate of drug-likeness (QED) is 0.805. The standard InChI is InChI=1S/C13H24O3/c1-8(2)12-7-13(5,15)11(6-9(3)14)10(4)16-12/h8,10-12,15H,6-7H2,1-5H3. The van der Waals surface area contributed by atoms with E-state index in [1.54, 1.807) is 6.92 Å². The van der Waals surface area contributed by atoms with Crippen LogP contribution in [0.25, 0.3) is 0 Å². The lowest BCUT2D eigenvalue weighted by Crippen LogP contribution is -2.52. The highest BCUT2D eigenvalue weighted by molar-refractivity contribution is 5.75. The van der Waals surface area contributed by atoms with Crippen LogP contribution >= 0.6 is 0 Å². The van der Waals surface area contributed by atoms with Crippen LogP contribution in [0.4, 0.5) is 0 Å². The summed E-state index contributed by atoms with van der Waals surface area (Å²) < 4.78 is 5.88. The van der Waals surface area contributed by atoms with E-state index in [0.717, 1.165) is 0 Å². The van der Waals surface area contributed by atoms with Crippen molar-refractivity contribution in [3.8, 4) is 0 Å². The van der Waals surface area contributed by atoms with Crippen LogP contribution in [0.15, 0.2) is 0 Å². The largest absolute Gasteiger partial charge is 0.390 e. The zero-order valence-corrected chi connectivity index (χ0v) is 11.0. The van der Waals surface area contributed by atoms with Crippen LogP contribution in [0.3, 0.4) is 0 Å². The first-order chi connectivity index (χ1) is 7.24. The van der Waals surface area contributed by atoms with Crippen LogP contribution in [0.2, 0.25) is 0 Å². The molecule has 0 aromatic heterocycles. The predicted octanol–water partition coefficient (Wildman–Crippen LogP) is 2.17. The van der Waals surface area contributed by atoms with Gasteiger partial charge in [-0.1, -0.05) is 13.8 Å². The molecule has 0 bridgehead atoms. The van der Waals surface area contributed by atoms with Gasteiger partial charge in [-0.15, -0.1) is 0 Å². The Labute approximate surface area is 98.2 Å². The first kappa shape index (κ1) is 13.7. The molecule has 0 aromatic rings. The van der Waals surface area contributed by atoms with Gasteiger partial charge < -0.3 is 14.6 Å². The average Bonchev–Trinajstić information content (AvgIpc) is 2.10. The van der Waals surface area contributed by atoms with E-state index in [4.69, 9.17) is 4.74 Å². The summed E-state index contributed by atoms with van der Waals surface area (Å²) in [6.45, 7) is 9.54. The number of carbonyl (C=O) groups is 1. The smallest absolute Gasteiger partial charge is 0.130 e. The second kappa shape index (κ2) is 4.84. The Morgan fingerprint density at radius 3 is 2.50 bits per heavy atom. The minimum absolute atomic E-state index is 0.0555. The van der Waals surface area contributed by atoms with Crippen LogP contribution in [0.1, 0.15) is 47.5 Å². The number of rotatable bonds is 3. The molecule has 1 fully saturated rings. The van der Waals surface area contributed by atoms with Gasteiger partial charge in [0.1, 0.15) is 5.78 Å². The molecule has 0 amide bonds. The first-order valence-electron chi connectivity index (χ1n) is 6.11. The molecule has 1 heterocycles. The second-order valence-electron chi connectivity index (χ2n) is 5.70. The van der Waals surface area contributed by atoms with Crippen molar-refractivity contribution < 1.29 is 14.6 Å². The second-order valence-corrected chi connectivity index (χ2v) is 5.70. The molecule has 1 aliphatic heterocycles. The van der Waals surface area contributed by atoms with Crippen LogP contribution < -0.4 is 0 Å². The maximum atomic E-state index is 11.2. The molecule has 1 rings (SSSR count). The SMILES string of the molecule is CC(=O)CC1C(C)OC(C(C)C)CC1(C)O. The Morgan fingerprint density at radius 1 is 1.56 bits per heavy atom. The van der Waals surface area contributed by atoms with Gasteiger partial charge in [-0.05, 0) is 26.7 Å². The Morgan fingerprint density at radius 2 is 2.12 bits per heavy atom. The maximum Gasteiger partial charge on any atom is 0.130 e. The number of aliphatic hydroxyl groups is 1. The van der Waals surface area contributed by atoms with E-state index in [-0.39, 0.29) is 23.9 Å². The molecule has 1 saturated heterocycles. The van der Waals surface area contributed by atoms with E-state index in [2.05, 4.69) is 13.8 Å². The predicted molar refractivity (Wildman–Crippen MR) is 63.2 cm³/mol. The molecule has 0 radical (unpaired) electrons. The van der Waals surface area contributed by atoms with Gasteiger partial charge in [-0.3, -0.25) is 0 Å². The van der Waals surface area contributed by atoms with Crippen LogP contribution in [-0.2, 0) is 9.53 Å². The highest BCUT2D eigenvalue weighted by Crippen LogP contribution is 2.38. The molecule has 0 saturated carbocycles. The molecule has 16 heavy (non-hydrogen) atoms. The molecule has 0 aliphatic carbocycles. The van der Waals surface area contributed by atoms with Gasteiger partial charge >= 0.3 is 0 Å². The van der Waals surface area contributed by atoms with E-state index < -0.39 is 5.60 Å². The van der Waals surface area contributed by atoms with E-state index in [1.165, 1.54) is 0 Å². The van der Waals surface area contributed by atoms with E-state index >= 15 is 0 Å².